The monoisotopic (exact) mass is 401 g/mol. The smallest absolute Gasteiger partial charge is 0.259 e. The van der Waals surface area contributed by atoms with Crippen LogP contribution in [0.1, 0.15) is 41.5 Å². The van der Waals surface area contributed by atoms with Gasteiger partial charge in [-0.3, -0.25) is 19.3 Å². The van der Waals surface area contributed by atoms with Gasteiger partial charge in [-0.1, -0.05) is 36.4 Å². The van der Waals surface area contributed by atoms with E-state index >= 15 is 0 Å². The highest BCUT2D eigenvalue weighted by Gasteiger charge is 2.31. The topological polar surface area (TPSA) is 78.5 Å². The molecule has 0 saturated heterocycles. The van der Waals surface area contributed by atoms with Crippen molar-refractivity contribution in [2.75, 3.05) is 16.8 Å². The molecule has 2 N–H and O–H groups in total. The summed E-state index contributed by atoms with van der Waals surface area (Å²) in [5.74, 6) is -0.840. The zero-order valence-electron chi connectivity index (χ0n) is 17.2. The fourth-order valence-electron chi connectivity index (χ4n) is 3.67. The van der Waals surface area contributed by atoms with Crippen LogP contribution in [0.5, 0.6) is 0 Å². The molecule has 3 aromatic carbocycles. The van der Waals surface area contributed by atoms with Gasteiger partial charge >= 0.3 is 0 Å². The average Bonchev–Trinajstić information content (AvgIpc) is 2.95. The average molecular weight is 401 g/mol. The van der Waals surface area contributed by atoms with E-state index in [1.165, 1.54) is 4.90 Å². The summed E-state index contributed by atoms with van der Waals surface area (Å²) >= 11 is 0. The predicted molar refractivity (Wildman–Crippen MR) is 118 cm³/mol. The zero-order chi connectivity index (χ0) is 21.5. The highest BCUT2D eigenvalue weighted by molar-refractivity contribution is 6.26. The van der Waals surface area contributed by atoms with Gasteiger partial charge in [-0.2, -0.15) is 0 Å². The largest absolute Gasteiger partial charge is 0.347 e. The van der Waals surface area contributed by atoms with E-state index in [0.717, 1.165) is 16.5 Å². The molecule has 0 unspecified atom stereocenters. The predicted octanol–water partition coefficient (Wildman–Crippen LogP) is 3.97. The number of anilines is 2. The molecule has 30 heavy (non-hydrogen) atoms. The first kappa shape index (κ1) is 19.6. The van der Waals surface area contributed by atoms with E-state index in [1.54, 1.807) is 30.3 Å². The van der Waals surface area contributed by atoms with Crippen LogP contribution in [0.4, 0.5) is 11.4 Å². The Balaban J connectivity index is 1.55. The summed E-state index contributed by atoms with van der Waals surface area (Å²) in [4.78, 5) is 39.8. The van der Waals surface area contributed by atoms with Crippen molar-refractivity contribution >= 4 is 39.9 Å². The molecule has 0 aromatic heterocycles. The molecule has 152 valence electrons. The number of carbonyl (C=O) groups excluding carboxylic acids is 3. The van der Waals surface area contributed by atoms with E-state index in [-0.39, 0.29) is 24.3 Å². The highest BCUT2D eigenvalue weighted by Crippen LogP contribution is 2.37. The molecule has 0 atom stereocenters. The van der Waals surface area contributed by atoms with Gasteiger partial charge in [0.1, 0.15) is 6.54 Å². The molecule has 3 aromatic rings. The van der Waals surface area contributed by atoms with Crippen LogP contribution in [-0.2, 0) is 4.79 Å². The maximum absolute atomic E-state index is 12.9. The Labute approximate surface area is 174 Å². The molecule has 1 aliphatic heterocycles. The molecule has 3 amide bonds. The molecule has 6 nitrogen and oxygen atoms in total. The fraction of sp³-hybridized carbons (Fsp3) is 0.208. The van der Waals surface area contributed by atoms with Crippen molar-refractivity contribution in [2.45, 2.75) is 26.3 Å². The number of hydrogen-bond donors (Lipinski definition) is 2. The molecule has 0 aliphatic carbocycles. The maximum Gasteiger partial charge on any atom is 0.259 e. The van der Waals surface area contributed by atoms with Crippen molar-refractivity contribution < 1.29 is 14.4 Å². The molecular weight excluding hydrogens is 378 g/mol. The Morgan fingerprint density at radius 3 is 2.37 bits per heavy atom. The Kier molecular flexibility index (Phi) is 4.78. The quantitative estimate of drug-likeness (QED) is 0.694. The lowest BCUT2D eigenvalue weighted by Crippen LogP contribution is -2.41. The van der Waals surface area contributed by atoms with Crippen molar-refractivity contribution in [1.29, 1.82) is 0 Å². The van der Waals surface area contributed by atoms with Crippen molar-refractivity contribution in [2.24, 2.45) is 0 Å². The van der Waals surface area contributed by atoms with Gasteiger partial charge in [0, 0.05) is 16.5 Å². The lowest BCUT2D eigenvalue weighted by molar-refractivity contribution is -0.114. The van der Waals surface area contributed by atoms with Crippen LogP contribution in [0.15, 0.2) is 60.7 Å². The number of para-hydroxylation sites is 1. The molecule has 0 bridgehead atoms. The van der Waals surface area contributed by atoms with Crippen LogP contribution in [0, 0.1) is 0 Å². The van der Waals surface area contributed by atoms with Gasteiger partial charge in [-0.25, -0.2) is 0 Å². The summed E-state index contributed by atoms with van der Waals surface area (Å²) in [5, 5.41) is 7.52. The second-order valence-electron chi connectivity index (χ2n) is 8.37. The van der Waals surface area contributed by atoms with Gasteiger partial charge in [0.2, 0.25) is 5.91 Å². The summed E-state index contributed by atoms with van der Waals surface area (Å²) < 4.78 is 0. The second kappa shape index (κ2) is 7.30. The minimum Gasteiger partial charge on any atom is -0.347 e. The van der Waals surface area contributed by atoms with E-state index in [2.05, 4.69) is 10.6 Å². The van der Waals surface area contributed by atoms with Gasteiger partial charge in [0.25, 0.3) is 11.8 Å². The van der Waals surface area contributed by atoms with Gasteiger partial charge in [0.05, 0.1) is 16.9 Å². The fourth-order valence-corrected chi connectivity index (χ4v) is 3.67. The Morgan fingerprint density at radius 2 is 1.63 bits per heavy atom. The third-order valence-corrected chi connectivity index (χ3v) is 4.89. The number of nitrogens with one attached hydrogen (secondary N) is 2. The number of nitrogens with zero attached hydrogens (tertiary/aromatic N) is 1. The Bertz CT molecular complexity index is 1170. The summed E-state index contributed by atoms with van der Waals surface area (Å²) in [6.07, 6.45) is 0. The van der Waals surface area contributed by atoms with Crippen molar-refractivity contribution in [3.8, 4) is 0 Å². The molecule has 0 fully saturated rings. The number of carbonyl (C=O) groups is 3. The summed E-state index contributed by atoms with van der Waals surface area (Å²) in [6.45, 7) is 5.54. The third-order valence-electron chi connectivity index (χ3n) is 4.89. The van der Waals surface area contributed by atoms with Crippen LogP contribution in [0.3, 0.4) is 0 Å². The molecule has 0 radical (unpaired) electrons. The molecule has 4 rings (SSSR count). The van der Waals surface area contributed by atoms with Crippen molar-refractivity contribution in [3.63, 3.8) is 0 Å². The number of rotatable bonds is 4. The van der Waals surface area contributed by atoms with Gasteiger partial charge < -0.3 is 10.6 Å². The first-order valence-electron chi connectivity index (χ1n) is 9.79. The summed E-state index contributed by atoms with van der Waals surface area (Å²) in [6, 6.07) is 18.1. The second-order valence-corrected chi connectivity index (χ2v) is 8.37. The van der Waals surface area contributed by atoms with Crippen LogP contribution in [0.2, 0.25) is 0 Å². The van der Waals surface area contributed by atoms with Gasteiger partial charge in [-0.15, -0.1) is 0 Å². The van der Waals surface area contributed by atoms with Crippen LogP contribution < -0.4 is 15.5 Å². The zero-order valence-corrected chi connectivity index (χ0v) is 17.2. The molecule has 6 heteroatoms. The highest BCUT2D eigenvalue weighted by atomic mass is 16.2. The number of hydrogen-bond acceptors (Lipinski definition) is 3. The normalized spacial score (nSPS) is 12.9. The lowest BCUT2D eigenvalue weighted by atomic mass is 10.1. The van der Waals surface area contributed by atoms with Crippen LogP contribution in [0.25, 0.3) is 10.8 Å². The first-order valence-corrected chi connectivity index (χ1v) is 9.79. The summed E-state index contributed by atoms with van der Waals surface area (Å²) in [7, 11) is 0. The van der Waals surface area contributed by atoms with E-state index in [9.17, 15) is 14.4 Å². The molecule has 1 heterocycles. The molecular formula is C24H23N3O3. The van der Waals surface area contributed by atoms with E-state index in [0.29, 0.717) is 16.8 Å². The van der Waals surface area contributed by atoms with E-state index < -0.39 is 5.54 Å². The third kappa shape index (κ3) is 3.64. The van der Waals surface area contributed by atoms with E-state index in [1.807, 2.05) is 51.1 Å². The SMILES string of the molecule is CC(C)(C)NC(=O)c1ccccc1NC(=O)CN1C(=O)c2cccc3cccc1c23. The standard InChI is InChI=1S/C24H23N3O3/c1-24(2,3)26-22(29)16-10-4-5-12-18(16)25-20(28)14-27-19-13-7-9-15-8-6-11-17(21(15)19)23(27)30/h4-13H,14H2,1-3H3,(H,25,28)(H,26,29). The van der Waals surface area contributed by atoms with E-state index in [4.69, 9.17) is 0 Å². The van der Waals surface area contributed by atoms with Crippen LogP contribution in [-0.4, -0.2) is 29.8 Å². The molecule has 0 spiro atoms. The summed E-state index contributed by atoms with van der Waals surface area (Å²) in [5.41, 5.74) is 1.70. The van der Waals surface area contributed by atoms with Gasteiger partial charge in [-0.05, 0) is 50.4 Å². The van der Waals surface area contributed by atoms with Crippen molar-refractivity contribution in [3.05, 3.63) is 71.8 Å². The Morgan fingerprint density at radius 1 is 0.933 bits per heavy atom. The number of amides is 3. The van der Waals surface area contributed by atoms with Crippen LogP contribution >= 0.6 is 0 Å². The Hall–Kier alpha value is -3.67. The number of benzene rings is 3. The minimum absolute atomic E-state index is 0.137. The lowest BCUT2D eigenvalue weighted by Gasteiger charge is -2.22. The molecule has 1 aliphatic rings. The maximum atomic E-state index is 12.9. The first-order chi connectivity index (χ1) is 14.2. The van der Waals surface area contributed by atoms with Crippen molar-refractivity contribution in [1.82, 2.24) is 5.32 Å². The van der Waals surface area contributed by atoms with Gasteiger partial charge in [0.15, 0.2) is 0 Å². The molecule has 0 saturated carbocycles. The minimum atomic E-state index is -0.402.